The van der Waals surface area contributed by atoms with E-state index in [9.17, 15) is 4.79 Å². The molecule has 1 aliphatic heterocycles. The molecule has 0 saturated heterocycles. The molecule has 1 aromatic carbocycles. The first-order valence-corrected chi connectivity index (χ1v) is 11.0. The number of carbonyl (C=O) groups is 1. The zero-order chi connectivity index (χ0) is 22.5. The third-order valence-corrected chi connectivity index (χ3v) is 6.25. The molecule has 8 heteroatoms. The third kappa shape index (κ3) is 3.22. The van der Waals surface area contributed by atoms with Gasteiger partial charge in [0.25, 0.3) is 5.91 Å². The maximum absolute atomic E-state index is 13.2. The number of pyridine rings is 1. The first-order chi connectivity index (χ1) is 16.1. The predicted molar refractivity (Wildman–Crippen MR) is 124 cm³/mol. The van der Waals surface area contributed by atoms with Gasteiger partial charge in [-0.2, -0.15) is 5.10 Å². The smallest absolute Gasteiger partial charge is 0.274 e. The number of amides is 1. The quantitative estimate of drug-likeness (QED) is 0.432. The van der Waals surface area contributed by atoms with Crippen LogP contribution < -0.4 is 0 Å². The molecule has 0 radical (unpaired) electrons. The molecule has 33 heavy (non-hydrogen) atoms. The Bertz CT molecular complexity index is 1490. The van der Waals surface area contributed by atoms with Crippen molar-refractivity contribution in [3.63, 3.8) is 0 Å². The molecule has 0 fully saturated rings. The van der Waals surface area contributed by atoms with Crippen LogP contribution in [-0.4, -0.2) is 46.1 Å². The summed E-state index contributed by atoms with van der Waals surface area (Å²) in [6.07, 6.45) is 7.58. The topological polar surface area (TPSA) is 73.2 Å². The van der Waals surface area contributed by atoms with Gasteiger partial charge in [0.1, 0.15) is 17.2 Å². The molecule has 0 N–H and O–H groups in total. The molecule has 0 aliphatic carbocycles. The van der Waals surface area contributed by atoms with E-state index in [0.717, 1.165) is 39.7 Å². The zero-order valence-corrected chi connectivity index (χ0v) is 18.5. The Hall–Kier alpha value is -4.20. The SMILES string of the molecule is Cc1nc(-c2cnn(-c3ccccc3)c2)n2c1CN(C(=O)c1cn3cccc(C)c3n1)CC2. The normalized spacial score (nSPS) is 13.5. The van der Waals surface area contributed by atoms with Crippen LogP contribution >= 0.6 is 0 Å². The van der Waals surface area contributed by atoms with E-state index < -0.39 is 0 Å². The highest BCUT2D eigenvalue weighted by Crippen LogP contribution is 2.27. The fourth-order valence-electron chi connectivity index (χ4n) is 4.50. The number of aromatic nitrogens is 6. The van der Waals surface area contributed by atoms with Crippen molar-refractivity contribution >= 4 is 11.6 Å². The Morgan fingerprint density at radius 1 is 0.970 bits per heavy atom. The second kappa shape index (κ2) is 7.44. The van der Waals surface area contributed by atoms with Crippen LogP contribution in [0.4, 0.5) is 0 Å². The van der Waals surface area contributed by atoms with E-state index in [1.807, 2.05) is 95.1 Å². The Labute approximate surface area is 190 Å². The average Bonchev–Trinajstić information content (AvgIpc) is 3.57. The summed E-state index contributed by atoms with van der Waals surface area (Å²) in [4.78, 5) is 24.5. The molecule has 0 unspecified atom stereocenters. The highest BCUT2D eigenvalue weighted by Gasteiger charge is 2.28. The molecule has 0 spiro atoms. The van der Waals surface area contributed by atoms with Crippen molar-refractivity contribution in [2.24, 2.45) is 0 Å². The van der Waals surface area contributed by atoms with E-state index in [-0.39, 0.29) is 5.91 Å². The van der Waals surface area contributed by atoms with Crippen molar-refractivity contribution in [3.8, 4) is 17.1 Å². The van der Waals surface area contributed by atoms with Gasteiger partial charge in [0.15, 0.2) is 0 Å². The molecule has 1 amide bonds. The van der Waals surface area contributed by atoms with Gasteiger partial charge in [-0.25, -0.2) is 14.6 Å². The van der Waals surface area contributed by atoms with Crippen molar-refractivity contribution in [2.45, 2.75) is 26.9 Å². The van der Waals surface area contributed by atoms with Crippen LogP contribution in [0.5, 0.6) is 0 Å². The fourth-order valence-corrected chi connectivity index (χ4v) is 4.50. The second-order valence-corrected chi connectivity index (χ2v) is 8.40. The standard InChI is InChI=1S/C25H23N7O/c1-17-7-6-10-29-15-21(28-23(17)29)25(33)30-11-12-31-22(16-30)18(2)27-24(31)19-13-26-32(14-19)20-8-4-3-5-9-20/h3-10,13-15H,11-12,16H2,1-2H3. The van der Waals surface area contributed by atoms with Crippen molar-refractivity contribution in [1.29, 1.82) is 0 Å². The number of hydrogen-bond acceptors (Lipinski definition) is 4. The van der Waals surface area contributed by atoms with Gasteiger partial charge in [0, 0.05) is 31.7 Å². The molecular weight excluding hydrogens is 414 g/mol. The molecule has 6 rings (SSSR count). The van der Waals surface area contributed by atoms with E-state index in [1.54, 1.807) is 0 Å². The number of nitrogens with zero attached hydrogens (tertiary/aromatic N) is 7. The predicted octanol–water partition coefficient (Wildman–Crippen LogP) is 3.66. The molecular formula is C25H23N7O. The van der Waals surface area contributed by atoms with Gasteiger partial charge in [-0.1, -0.05) is 24.3 Å². The van der Waals surface area contributed by atoms with Gasteiger partial charge >= 0.3 is 0 Å². The van der Waals surface area contributed by atoms with Crippen LogP contribution in [-0.2, 0) is 13.1 Å². The molecule has 4 aromatic heterocycles. The lowest BCUT2D eigenvalue weighted by atomic mass is 10.2. The molecule has 5 aromatic rings. The summed E-state index contributed by atoms with van der Waals surface area (Å²) in [7, 11) is 0. The summed E-state index contributed by atoms with van der Waals surface area (Å²) in [5.41, 5.74) is 6.29. The molecule has 0 saturated carbocycles. The highest BCUT2D eigenvalue weighted by atomic mass is 16.2. The lowest BCUT2D eigenvalue weighted by molar-refractivity contribution is 0.0706. The van der Waals surface area contributed by atoms with Crippen LogP contribution in [0.1, 0.15) is 27.4 Å². The van der Waals surface area contributed by atoms with Gasteiger partial charge in [0.05, 0.1) is 35.4 Å². The summed E-state index contributed by atoms with van der Waals surface area (Å²) in [5, 5.41) is 4.52. The van der Waals surface area contributed by atoms with Crippen LogP contribution in [0.3, 0.4) is 0 Å². The van der Waals surface area contributed by atoms with E-state index in [2.05, 4.69) is 14.6 Å². The Balaban J connectivity index is 1.29. The monoisotopic (exact) mass is 437 g/mol. The molecule has 164 valence electrons. The van der Waals surface area contributed by atoms with Crippen molar-refractivity contribution < 1.29 is 4.79 Å². The van der Waals surface area contributed by atoms with Gasteiger partial charge in [0.2, 0.25) is 0 Å². The largest absolute Gasteiger partial charge is 0.330 e. The number of para-hydroxylation sites is 1. The van der Waals surface area contributed by atoms with Gasteiger partial charge in [-0.05, 0) is 37.6 Å². The Morgan fingerprint density at radius 3 is 2.64 bits per heavy atom. The molecule has 5 heterocycles. The Morgan fingerprint density at radius 2 is 1.82 bits per heavy atom. The first-order valence-electron chi connectivity index (χ1n) is 11.0. The van der Waals surface area contributed by atoms with Crippen molar-refractivity contribution in [1.82, 2.24) is 33.6 Å². The second-order valence-electron chi connectivity index (χ2n) is 8.40. The van der Waals surface area contributed by atoms with Crippen LogP contribution in [0, 0.1) is 13.8 Å². The first kappa shape index (κ1) is 19.5. The van der Waals surface area contributed by atoms with E-state index >= 15 is 0 Å². The van der Waals surface area contributed by atoms with Crippen molar-refractivity contribution in [3.05, 3.63) is 89.9 Å². The molecule has 1 aliphatic rings. The van der Waals surface area contributed by atoms with Gasteiger partial charge in [-0.15, -0.1) is 0 Å². The number of carbonyl (C=O) groups excluding carboxylic acids is 1. The third-order valence-electron chi connectivity index (χ3n) is 6.25. The van der Waals surface area contributed by atoms with E-state index in [1.165, 1.54) is 0 Å². The van der Waals surface area contributed by atoms with Crippen molar-refractivity contribution in [2.75, 3.05) is 6.54 Å². The molecule has 0 bridgehead atoms. The highest BCUT2D eigenvalue weighted by molar-refractivity contribution is 5.93. The summed E-state index contributed by atoms with van der Waals surface area (Å²) in [6, 6.07) is 14.0. The fraction of sp³-hybridized carbons (Fsp3) is 0.200. The number of benzene rings is 1. The minimum absolute atomic E-state index is 0.0524. The summed E-state index contributed by atoms with van der Waals surface area (Å²) < 4.78 is 5.97. The van der Waals surface area contributed by atoms with E-state index in [0.29, 0.717) is 25.3 Å². The maximum Gasteiger partial charge on any atom is 0.274 e. The molecule has 0 atom stereocenters. The number of hydrogen-bond donors (Lipinski definition) is 0. The minimum atomic E-state index is -0.0524. The van der Waals surface area contributed by atoms with Gasteiger partial charge < -0.3 is 13.9 Å². The van der Waals surface area contributed by atoms with E-state index in [4.69, 9.17) is 4.98 Å². The summed E-state index contributed by atoms with van der Waals surface area (Å²) in [6.45, 7) is 5.80. The van der Waals surface area contributed by atoms with Crippen LogP contribution in [0.15, 0.2) is 67.3 Å². The number of rotatable bonds is 3. The minimum Gasteiger partial charge on any atom is -0.330 e. The molecule has 8 nitrogen and oxygen atoms in total. The Kier molecular flexibility index (Phi) is 4.39. The van der Waals surface area contributed by atoms with Gasteiger partial charge in [-0.3, -0.25) is 4.79 Å². The number of imidazole rings is 2. The lowest BCUT2D eigenvalue weighted by Gasteiger charge is -2.28. The van der Waals surface area contributed by atoms with Crippen LogP contribution in [0.2, 0.25) is 0 Å². The maximum atomic E-state index is 13.2. The lowest BCUT2D eigenvalue weighted by Crippen LogP contribution is -2.38. The number of aryl methyl sites for hydroxylation is 2. The van der Waals surface area contributed by atoms with Crippen LogP contribution in [0.25, 0.3) is 22.7 Å². The number of fused-ring (bicyclic) bond motifs is 2. The zero-order valence-electron chi connectivity index (χ0n) is 18.5. The summed E-state index contributed by atoms with van der Waals surface area (Å²) in [5.74, 6) is 0.837. The summed E-state index contributed by atoms with van der Waals surface area (Å²) >= 11 is 0. The average molecular weight is 438 g/mol.